The SMILES string of the molecule is CCC(CC(=O)N1CC2CCC(N)C2C1)c1ccccc1.Cl. The van der Waals surface area contributed by atoms with Gasteiger partial charge in [0.2, 0.25) is 5.91 Å². The van der Waals surface area contributed by atoms with E-state index >= 15 is 0 Å². The Morgan fingerprint density at radius 2 is 2.00 bits per heavy atom. The van der Waals surface area contributed by atoms with Crippen molar-refractivity contribution in [3.05, 3.63) is 35.9 Å². The van der Waals surface area contributed by atoms with Gasteiger partial charge in [0.15, 0.2) is 0 Å². The van der Waals surface area contributed by atoms with E-state index < -0.39 is 0 Å². The first-order valence-electron chi connectivity index (χ1n) is 8.27. The van der Waals surface area contributed by atoms with Gasteiger partial charge >= 0.3 is 0 Å². The molecule has 3 nitrogen and oxygen atoms in total. The minimum Gasteiger partial charge on any atom is -0.342 e. The van der Waals surface area contributed by atoms with Crippen LogP contribution >= 0.6 is 12.4 Å². The summed E-state index contributed by atoms with van der Waals surface area (Å²) in [5.74, 6) is 1.85. The lowest BCUT2D eigenvalue weighted by Crippen LogP contribution is -2.34. The van der Waals surface area contributed by atoms with Crippen molar-refractivity contribution in [2.75, 3.05) is 13.1 Å². The summed E-state index contributed by atoms with van der Waals surface area (Å²) in [5.41, 5.74) is 7.44. The van der Waals surface area contributed by atoms with Crippen LogP contribution < -0.4 is 5.73 Å². The van der Waals surface area contributed by atoms with Crippen molar-refractivity contribution in [3.63, 3.8) is 0 Å². The fraction of sp³-hybridized carbons (Fsp3) is 0.611. The number of rotatable bonds is 4. The van der Waals surface area contributed by atoms with Gasteiger partial charge in [-0.1, -0.05) is 37.3 Å². The summed E-state index contributed by atoms with van der Waals surface area (Å²) >= 11 is 0. The maximum absolute atomic E-state index is 12.6. The molecule has 2 fully saturated rings. The van der Waals surface area contributed by atoms with Gasteiger partial charge in [0, 0.05) is 25.6 Å². The van der Waals surface area contributed by atoms with Crippen LogP contribution in [0.3, 0.4) is 0 Å². The number of fused-ring (bicyclic) bond motifs is 1. The molecule has 1 aromatic rings. The van der Waals surface area contributed by atoms with Crippen LogP contribution in [0, 0.1) is 11.8 Å². The molecule has 1 aliphatic heterocycles. The van der Waals surface area contributed by atoms with E-state index in [-0.39, 0.29) is 12.4 Å². The number of hydrogen-bond acceptors (Lipinski definition) is 2. The molecule has 0 bridgehead atoms. The molecule has 122 valence electrons. The monoisotopic (exact) mass is 322 g/mol. The first kappa shape index (κ1) is 17.3. The van der Waals surface area contributed by atoms with Crippen molar-refractivity contribution in [1.29, 1.82) is 0 Å². The maximum Gasteiger partial charge on any atom is 0.223 e. The van der Waals surface area contributed by atoms with Gasteiger partial charge in [-0.05, 0) is 42.6 Å². The van der Waals surface area contributed by atoms with Crippen molar-refractivity contribution in [2.24, 2.45) is 17.6 Å². The highest BCUT2D eigenvalue weighted by Crippen LogP contribution is 2.38. The number of hydrogen-bond donors (Lipinski definition) is 1. The molecule has 4 heteroatoms. The van der Waals surface area contributed by atoms with E-state index in [0.29, 0.717) is 36.1 Å². The van der Waals surface area contributed by atoms with Crippen LogP contribution in [0.1, 0.15) is 44.1 Å². The largest absolute Gasteiger partial charge is 0.342 e. The topological polar surface area (TPSA) is 46.3 Å². The lowest BCUT2D eigenvalue weighted by molar-refractivity contribution is -0.130. The highest BCUT2D eigenvalue weighted by molar-refractivity contribution is 5.85. The van der Waals surface area contributed by atoms with E-state index in [1.165, 1.54) is 12.0 Å². The molecule has 0 aromatic heterocycles. The Balaban J connectivity index is 0.00000176. The molecule has 1 amide bonds. The number of likely N-dealkylation sites (tertiary alicyclic amines) is 1. The Morgan fingerprint density at radius 3 is 2.64 bits per heavy atom. The Morgan fingerprint density at radius 1 is 1.27 bits per heavy atom. The molecule has 4 unspecified atom stereocenters. The van der Waals surface area contributed by atoms with E-state index in [1.54, 1.807) is 0 Å². The van der Waals surface area contributed by atoms with Crippen LogP contribution in [0.5, 0.6) is 0 Å². The fourth-order valence-electron chi connectivity index (χ4n) is 4.07. The number of amides is 1. The van der Waals surface area contributed by atoms with E-state index in [0.717, 1.165) is 25.9 Å². The zero-order valence-electron chi connectivity index (χ0n) is 13.3. The van der Waals surface area contributed by atoms with Gasteiger partial charge in [-0.3, -0.25) is 4.79 Å². The van der Waals surface area contributed by atoms with Crippen molar-refractivity contribution < 1.29 is 4.79 Å². The van der Waals surface area contributed by atoms with Gasteiger partial charge in [-0.25, -0.2) is 0 Å². The Bertz CT molecular complexity index is 493. The quantitative estimate of drug-likeness (QED) is 0.925. The number of nitrogens with two attached hydrogens (primary N) is 1. The van der Waals surface area contributed by atoms with Gasteiger partial charge in [-0.15, -0.1) is 12.4 Å². The van der Waals surface area contributed by atoms with Gasteiger partial charge in [0.1, 0.15) is 0 Å². The lowest BCUT2D eigenvalue weighted by Gasteiger charge is -2.22. The Kier molecular flexibility index (Phi) is 5.87. The first-order chi connectivity index (χ1) is 10.2. The summed E-state index contributed by atoms with van der Waals surface area (Å²) < 4.78 is 0. The molecule has 1 heterocycles. The van der Waals surface area contributed by atoms with E-state index in [1.807, 2.05) is 6.07 Å². The summed E-state index contributed by atoms with van der Waals surface area (Å²) in [4.78, 5) is 14.7. The number of nitrogens with zero attached hydrogens (tertiary/aromatic N) is 1. The molecule has 0 radical (unpaired) electrons. The predicted octanol–water partition coefficient (Wildman–Crippen LogP) is 3.19. The maximum atomic E-state index is 12.6. The normalized spacial score (nSPS) is 28.1. The second kappa shape index (κ2) is 7.47. The number of carbonyl (C=O) groups excluding carboxylic acids is 1. The minimum atomic E-state index is 0. The summed E-state index contributed by atoms with van der Waals surface area (Å²) in [7, 11) is 0. The smallest absolute Gasteiger partial charge is 0.223 e. The van der Waals surface area contributed by atoms with E-state index in [9.17, 15) is 4.79 Å². The van der Waals surface area contributed by atoms with E-state index in [4.69, 9.17) is 5.73 Å². The van der Waals surface area contributed by atoms with E-state index in [2.05, 4.69) is 36.1 Å². The molecular formula is C18H27ClN2O. The Labute approximate surface area is 139 Å². The predicted molar refractivity (Wildman–Crippen MR) is 92.1 cm³/mol. The second-order valence-corrected chi connectivity index (χ2v) is 6.68. The third kappa shape index (κ3) is 3.47. The van der Waals surface area contributed by atoms with Crippen LogP contribution in [0.4, 0.5) is 0 Å². The summed E-state index contributed by atoms with van der Waals surface area (Å²) in [6, 6.07) is 10.7. The van der Waals surface area contributed by atoms with Crippen LogP contribution in [-0.2, 0) is 4.79 Å². The highest BCUT2D eigenvalue weighted by atomic mass is 35.5. The van der Waals surface area contributed by atoms with Crippen molar-refractivity contribution >= 4 is 18.3 Å². The van der Waals surface area contributed by atoms with Crippen molar-refractivity contribution in [2.45, 2.75) is 44.6 Å². The number of benzene rings is 1. The first-order valence-corrected chi connectivity index (χ1v) is 8.27. The molecule has 1 saturated heterocycles. The fourth-order valence-corrected chi connectivity index (χ4v) is 4.07. The van der Waals surface area contributed by atoms with Crippen LogP contribution in [0.25, 0.3) is 0 Å². The molecule has 2 aliphatic rings. The highest BCUT2D eigenvalue weighted by Gasteiger charge is 2.42. The van der Waals surface area contributed by atoms with Gasteiger partial charge < -0.3 is 10.6 Å². The summed E-state index contributed by atoms with van der Waals surface area (Å²) in [6.45, 7) is 3.98. The summed E-state index contributed by atoms with van der Waals surface area (Å²) in [6.07, 6.45) is 3.98. The molecule has 4 atom stereocenters. The van der Waals surface area contributed by atoms with Crippen molar-refractivity contribution in [3.8, 4) is 0 Å². The van der Waals surface area contributed by atoms with Gasteiger partial charge in [-0.2, -0.15) is 0 Å². The standard InChI is InChI=1S/C18H26N2O.ClH/c1-2-13(14-6-4-3-5-7-14)10-18(21)20-11-15-8-9-17(19)16(15)12-20;/h3-7,13,15-17H,2,8-12,19H2,1H3;1H. The average Bonchev–Trinajstić information content (AvgIpc) is 3.08. The summed E-state index contributed by atoms with van der Waals surface area (Å²) in [5, 5.41) is 0. The van der Waals surface area contributed by atoms with Crippen LogP contribution in [-0.4, -0.2) is 29.9 Å². The molecule has 2 N–H and O–H groups in total. The average molecular weight is 323 g/mol. The lowest BCUT2D eigenvalue weighted by atomic mass is 9.93. The van der Waals surface area contributed by atoms with Crippen LogP contribution in [0.2, 0.25) is 0 Å². The van der Waals surface area contributed by atoms with Crippen LogP contribution in [0.15, 0.2) is 30.3 Å². The van der Waals surface area contributed by atoms with Gasteiger partial charge in [0.25, 0.3) is 0 Å². The molecular weight excluding hydrogens is 296 g/mol. The third-order valence-electron chi connectivity index (χ3n) is 5.45. The minimum absolute atomic E-state index is 0. The molecule has 1 aliphatic carbocycles. The molecule has 0 spiro atoms. The molecule has 22 heavy (non-hydrogen) atoms. The zero-order chi connectivity index (χ0) is 14.8. The number of carbonyl (C=O) groups is 1. The molecule has 3 rings (SSSR count). The van der Waals surface area contributed by atoms with Gasteiger partial charge in [0.05, 0.1) is 0 Å². The Hall–Kier alpha value is -1.06. The van der Waals surface area contributed by atoms with Crippen molar-refractivity contribution in [1.82, 2.24) is 4.90 Å². The number of halogens is 1. The second-order valence-electron chi connectivity index (χ2n) is 6.68. The molecule has 1 saturated carbocycles. The zero-order valence-corrected chi connectivity index (χ0v) is 14.1. The third-order valence-corrected chi connectivity index (χ3v) is 5.45. The molecule has 1 aromatic carbocycles.